The number of carbonyl (C=O) groups is 2. The minimum absolute atomic E-state index is 0.613. The molecular weight excluding hydrogens is 379 g/mol. The second kappa shape index (κ2) is 8.23. The molecule has 0 aliphatic carbocycles. The van der Waals surface area contributed by atoms with Gasteiger partial charge in [0.2, 0.25) is 6.10 Å². The highest BCUT2D eigenvalue weighted by Gasteiger charge is 2.61. The number of aliphatic hydroxyl groups excluding tert-OH is 1. The van der Waals surface area contributed by atoms with Crippen molar-refractivity contribution in [3.8, 4) is 0 Å². The number of aromatic nitrogens is 2. The molecule has 0 amide bonds. The zero-order valence-electron chi connectivity index (χ0n) is 15.9. The summed E-state index contributed by atoms with van der Waals surface area (Å²) in [5.74, 6) is -5.77. The van der Waals surface area contributed by atoms with E-state index in [2.05, 4.69) is 0 Å². The summed E-state index contributed by atoms with van der Waals surface area (Å²) in [5, 5.41) is 9.51. The van der Waals surface area contributed by atoms with Crippen molar-refractivity contribution in [1.29, 1.82) is 0 Å². The Balaban J connectivity index is 2.52. The third kappa shape index (κ3) is 4.30. The molecule has 2 N–H and O–H groups in total. The van der Waals surface area contributed by atoms with Gasteiger partial charge in [0.25, 0.3) is 11.4 Å². The number of nitrogens with one attached hydrogen (secondary N) is 1. The van der Waals surface area contributed by atoms with E-state index in [0.717, 1.165) is 16.8 Å². The Hall–Kier alpha value is -2.53. The van der Waals surface area contributed by atoms with Gasteiger partial charge >= 0.3 is 17.6 Å². The van der Waals surface area contributed by atoms with Gasteiger partial charge < -0.3 is 19.3 Å². The van der Waals surface area contributed by atoms with Crippen LogP contribution >= 0.6 is 0 Å². The van der Waals surface area contributed by atoms with Crippen LogP contribution in [0, 0.1) is 11.8 Å². The minimum atomic E-state index is -2.94. The lowest BCUT2D eigenvalue weighted by Gasteiger charge is -2.27. The number of aliphatic hydroxyl groups is 1. The monoisotopic (exact) mass is 402 g/mol. The summed E-state index contributed by atoms with van der Waals surface area (Å²) < 4.78 is 31.6. The van der Waals surface area contributed by atoms with Gasteiger partial charge in [-0.3, -0.25) is 23.9 Å². The number of esters is 2. The molecule has 156 valence electrons. The summed E-state index contributed by atoms with van der Waals surface area (Å²) >= 11 is 0. The van der Waals surface area contributed by atoms with Crippen LogP contribution in [0.3, 0.4) is 0 Å². The van der Waals surface area contributed by atoms with Crippen molar-refractivity contribution in [2.75, 3.05) is 6.61 Å². The Bertz CT molecular complexity index is 848. The van der Waals surface area contributed by atoms with Crippen LogP contribution in [0.15, 0.2) is 21.9 Å². The van der Waals surface area contributed by atoms with Gasteiger partial charge in [-0.05, 0) is 0 Å². The Morgan fingerprint density at radius 2 is 1.82 bits per heavy atom. The maximum absolute atomic E-state index is 15.3. The maximum atomic E-state index is 15.3. The number of halogens is 1. The lowest BCUT2D eigenvalue weighted by Crippen LogP contribution is -2.48. The molecule has 4 atom stereocenters. The number of H-pyrrole nitrogens is 1. The van der Waals surface area contributed by atoms with Crippen LogP contribution in [-0.2, 0) is 23.8 Å². The van der Waals surface area contributed by atoms with E-state index in [0.29, 0.717) is 0 Å². The molecule has 28 heavy (non-hydrogen) atoms. The van der Waals surface area contributed by atoms with E-state index in [1.165, 1.54) is 27.7 Å². The molecule has 10 nitrogen and oxygen atoms in total. The molecule has 0 radical (unpaired) electrons. The summed E-state index contributed by atoms with van der Waals surface area (Å²) in [7, 11) is 0. The average Bonchev–Trinajstić information content (AvgIpc) is 2.87. The van der Waals surface area contributed by atoms with Gasteiger partial charge in [-0.1, -0.05) is 27.7 Å². The van der Waals surface area contributed by atoms with E-state index >= 15 is 4.39 Å². The first-order chi connectivity index (χ1) is 13.0. The van der Waals surface area contributed by atoms with Crippen LogP contribution < -0.4 is 11.2 Å². The third-order valence-electron chi connectivity index (χ3n) is 4.10. The van der Waals surface area contributed by atoms with E-state index in [1.54, 1.807) is 0 Å². The SMILES string of the molecule is CC(C)C(=O)O[C@H]1[C@H](n2ccc(=O)[nH]c2=O)O[C@](F)(CO)[C@H]1OC(=O)C(C)C. The molecule has 1 aliphatic heterocycles. The van der Waals surface area contributed by atoms with Gasteiger partial charge in [-0.15, -0.1) is 0 Å². The molecule has 2 heterocycles. The van der Waals surface area contributed by atoms with Crippen molar-refractivity contribution in [3.05, 3.63) is 33.1 Å². The molecule has 0 saturated carbocycles. The summed E-state index contributed by atoms with van der Waals surface area (Å²) in [6.45, 7) is 4.85. The van der Waals surface area contributed by atoms with Gasteiger partial charge in [-0.25, -0.2) is 9.18 Å². The predicted octanol–water partition coefficient (Wildman–Crippen LogP) is -0.141. The van der Waals surface area contributed by atoms with Crippen molar-refractivity contribution in [2.45, 2.75) is 52.0 Å². The van der Waals surface area contributed by atoms with Crippen molar-refractivity contribution in [1.82, 2.24) is 9.55 Å². The summed E-state index contributed by atoms with van der Waals surface area (Å²) in [4.78, 5) is 49.6. The smallest absolute Gasteiger partial charge is 0.330 e. The van der Waals surface area contributed by atoms with Crippen molar-refractivity contribution < 1.29 is 33.3 Å². The lowest BCUT2D eigenvalue weighted by atomic mass is 10.1. The van der Waals surface area contributed by atoms with Crippen LogP contribution in [0.25, 0.3) is 0 Å². The second-order valence-electron chi connectivity index (χ2n) is 7.04. The molecule has 1 saturated heterocycles. The highest BCUT2D eigenvalue weighted by molar-refractivity contribution is 5.73. The molecule has 2 rings (SSSR count). The van der Waals surface area contributed by atoms with Crippen LogP contribution in [0.4, 0.5) is 4.39 Å². The van der Waals surface area contributed by atoms with Crippen molar-refractivity contribution in [3.63, 3.8) is 0 Å². The highest BCUT2D eigenvalue weighted by Crippen LogP contribution is 2.41. The van der Waals surface area contributed by atoms with E-state index in [9.17, 15) is 24.3 Å². The number of ether oxygens (including phenoxy) is 3. The molecule has 0 spiro atoms. The highest BCUT2D eigenvalue weighted by atomic mass is 19.2. The van der Waals surface area contributed by atoms with Crippen LogP contribution in [0.5, 0.6) is 0 Å². The first kappa shape index (κ1) is 21.8. The normalized spacial score (nSPS) is 27.2. The molecule has 0 unspecified atom stereocenters. The Labute approximate surface area is 159 Å². The van der Waals surface area contributed by atoms with E-state index in [4.69, 9.17) is 14.2 Å². The van der Waals surface area contributed by atoms with Crippen molar-refractivity contribution in [2.24, 2.45) is 11.8 Å². The lowest BCUT2D eigenvalue weighted by molar-refractivity contribution is -0.219. The number of aromatic amines is 1. The summed E-state index contributed by atoms with van der Waals surface area (Å²) in [5.41, 5.74) is -1.66. The van der Waals surface area contributed by atoms with Gasteiger partial charge in [-0.2, -0.15) is 0 Å². The first-order valence-electron chi connectivity index (χ1n) is 8.70. The fraction of sp³-hybridized carbons (Fsp3) is 0.647. The van der Waals surface area contributed by atoms with E-state index < -0.39 is 65.9 Å². The summed E-state index contributed by atoms with van der Waals surface area (Å²) in [6.07, 6.45) is -3.99. The molecule has 1 aromatic heterocycles. The number of carbonyl (C=O) groups excluding carboxylic acids is 2. The fourth-order valence-corrected chi connectivity index (χ4v) is 2.51. The van der Waals surface area contributed by atoms with Crippen LogP contribution in [-0.4, -0.2) is 51.3 Å². The fourth-order valence-electron chi connectivity index (χ4n) is 2.51. The first-order valence-corrected chi connectivity index (χ1v) is 8.70. The molecular formula is C17H23FN2O8. The maximum Gasteiger partial charge on any atom is 0.330 e. The number of alkyl halides is 1. The molecule has 1 aromatic rings. The van der Waals surface area contributed by atoms with Crippen LogP contribution in [0.2, 0.25) is 0 Å². The number of rotatable bonds is 6. The molecule has 1 fully saturated rings. The van der Waals surface area contributed by atoms with Gasteiger partial charge in [0.05, 0.1) is 11.8 Å². The quantitative estimate of drug-likeness (QED) is 0.627. The standard InChI is InChI=1S/C17H23FN2O8/c1-8(2)14(23)26-11-12(27-15(24)9(3)4)17(18,7-21)28-13(11)20-6-5-10(22)19-16(20)25/h5-6,8-9,11-13,21H,7H2,1-4H3,(H,19,22,25)/t11-,12+,13-,17-/m1/s1. The van der Waals surface area contributed by atoms with Gasteiger partial charge in [0.15, 0.2) is 12.3 Å². The zero-order chi connectivity index (χ0) is 21.2. The molecule has 11 heteroatoms. The van der Waals surface area contributed by atoms with Crippen molar-refractivity contribution >= 4 is 11.9 Å². The zero-order valence-corrected chi connectivity index (χ0v) is 15.9. The molecule has 1 aliphatic rings. The topological polar surface area (TPSA) is 137 Å². The Morgan fingerprint density at radius 1 is 1.25 bits per heavy atom. The van der Waals surface area contributed by atoms with Gasteiger partial charge in [0, 0.05) is 12.3 Å². The average molecular weight is 402 g/mol. The van der Waals surface area contributed by atoms with E-state index in [1.807, 2.05) is 4.98 Å². The van der Waals surface area contributed by atoms with E-state index in [-0.39, 0.29) is 0 Å². The Morgan fingerprint density at radius 3 is 2.32 bits per heavy atom. The molecule has 0 aromatic carbocycles. The Kier molecular flexibility index (Phi) is 6.40. The predicted molar refractivity (Wildman–Crippen MR) is 91.8 cm³/mol. The van der Waals surface area contributed by atoms with Gasteiger partial charge in [0.1, 0.15) is 6.61 Å². The van der Waals surface area contributed by atoms with Crippen LogP contribution in [0.1, 0.15) is 33.9 Å². The number of hydrogen-bond donors (Lipinski definition) is 2. The summed E-state index contributed by atoms with van der Waals surface area (Å²) in [6, 6.07) is 0.985. The molecule has 0 bridgehead atoms. The number of nitrogens with zero attached hydrogens (tertiary/aromatic N) is 1. The number of hydrogen-bond acceptors (Lipinski definition) is 8. The second-order valence-corrected chi connectivity index (χ2v) is 7.04. The largest absolute Gasteiger partial charge is 0.453 e. The minimum Gasteiger partial charge on any atom is -0.453 e. The third-order valence-corrected chi connectivity index (χ3v) is 4.10.